The fourth-order valence-corrected chi connectivity index (χ4v) is 2.00. The lowest BCUT2D eigenvalue weighted by molar-refractivity contribution is -0.274. The second-order valence-electron chi connectivity index (χ2n) is 5.11. The molecule has 2 aromatic carbocycles. The summed E-state index contributed by atoms with van der Waals surface area (Å²) in [7, 11) is 0. The van der Waals surface area contributed by atoms with E-state index in [2.05, 4.69) is 10.1 Å². The maximum atomic E-state index is 12.1. The molecule has 0 bridgehead atoms. The van der Waals surface area contributed by atoms with E-state index in [1.54, 1.807) is 12.1 Å². The van der Waals surface area contributed by atoms with Crippen LogP contribution in [0.15, 0.2) is 48.5 Å². The summed E-state index contributed by atoms with van der Waals surface area (Å²) in [5.74, 6) is -2.90. The van der Waals surface area contributed by atoms with E-state index < -0.39 is 36.5 Å². The number of alkyl halides is 3. The van der Waals surface area contributed by atoms with Gasteiger partial charge in [0, 0.05) is 0 Å². The number of hydrogen-bond acceptors (Lipinski definition) is 5. The van der Waals surface area contributed by atoms with E-state index in [9.17, 15) is 27.6 Å². The lowest BCUT2D eigenvalue weighted by Crippen LogP contribution is -2.23. The molecule has 0 atom stereocenters. The van der Waals surface area contributed by atoms with Gasteiger partial charge in [-0.05, 0) is 36.4 Å². The number of carbonyl (C=O) groups excluding carboxylic acids is 3. The van der Waals surface area contributed by atoms with Gasteiger partial charge in [-0.3, -0.25) is 9.59 Å². The smallest absolute Gasteiger partial charge is 0.452 e. The number of anilines is 1. The first-order chi connectivity index (χ1) is 12.7. The van der Waals surface area contributed by atoms with Crippen LogP contribution in [0.2, 0.25) is 0 Å². The van der Waals surface area contributed by atoms with Gasteiger partial charge in [0.2, 0.25) is 0 Å². The van der Waals surface area contributed by atoms with Gasteiger partial charge in [0.1, 0.15) is 5.75 Å². The average Bonchev–Trinajstić information content (AvgIpc) is 2.59. The molecule has 0 aliphatic carbocycles. The monoisotopic (exact) mass is 382 g/mol. The highest BCUT2D eigenvalue weighted by molar-refractivity contribution is 6.03. The van der Waals surface area contributed by atoms with Gasteiger partial charge in [-0.15, -0.1) is 13.2 Å². The number of halogens is 3. The van der Waals surface area contributed by atoms with E-state index in [1.807, 2.05) is 0 Å². The largest absolute Gasteiger partial charge is 0.573 e. The number of nitrogens with one attached hydrogen (secondary N) is 1. The summed E-state index contributed by atoms with van der Waals surface area (Å²) >= 11 is 0. The fraction of sp³-hybridized carbons (Fsp3) is 0.118. The van der Waals surface area contributed by atoms with Crippen molar-refractivity contribution < 1.29 is 37.0 Å². The van der Waals surface area contributed by atoms with Crippen molar-refractivity contribution in [1.29, 1.82) is 0 Å². The minimum Gasteiger partial charge on any atom is -0.452 e. The number of rotatable bonds is 6. The average molecular weight is 382 g/mol. The molecule has 0 spiro atoms. The summed E-state index contributed by atoms with van der Waals surface area (Å²) in [5, 5.41) is 2.37. The van der Waals surface area contributed by atoms with E-state index in [-0.39, 0.29) is 16.8 Å². The third kappa shape index (κ3) is 6.03. The number of para-hydroxylation sites is 1. The predicted molar refractivity (Wildman–Crippen MR) is 87.0 cm³/mol. The Kier molecular flexibility index (Phi) is 6.01. The number of benzene rings is 2. The van der Waals surface area contributed by atoms with Crippen LogP contribution in [0.5, 0.6) is 5.75 Å². The zero-order valence-corrected chi connectivity index (χ0v) is 13.6. The molecule has 2 amide bonds. The van der Waals surface area contributed by atoms with Crippen molar-refractivity contribution in [3.05, 3.63) is 59.7 Å². The van der Waals surface area contributed by atoms with Crippen molar-refractivity contribution in [2.45, 2.75) is 6.36 Å². The SMILES string of the molecule is NC(=O)c1ccccc1NC(=O)COC(=O)c1ccc(OC(F)(F)F)cc1. The lowest BCUT2D eigenvalue weighted by atomic mass is 10.1. The van der Waals surface area contributed by atoms with Crippen molar-refractivity contribution in [2.75, 3.05) is 11.9 Å². The quantitative estimate of drug-likeness (QED) is 0.747. The first kappa shape index (κ1) is 19.8. The van der Waals surface area contributed by atoms with Crippen molar-refractivity contribution in [1.82, 2.24) is 0 Å². The number of primary amides is 1. The molecule has 10 heteroatoms. The van der Waals surface area contributed by atoms with Crippen LogP contribution >= 0.6 is 0 Å². The number of ether oxygens (including phenoxy) is 2. The highest BCUT2D eigenvalue weighted by Gasteiger charge is 2.31. The van der Waals surface area contributed by atoms with Gasteiger partial charge >= 0.3 is 12.3 Å². The molecule has 2 rings (SSSR count). The normalized spacial score (nSPS) is 10.8. The van der Waals surface area contributed by atoms with Crippen LogP contribution in [0.4, 0.5) is 18.9 Å². The van der Waals surface area contributed by atoms with Crippen LogP contribution < -0.4 is 15.8 Å². The van der Waals surface area contributed by atoms with Crippen LogP contribution in [0.1, 0.15) is 20.7 Å². The molecule has 0 heterocycles. The summed E-state index contributed by atoms with van der Waals surface area (Å²) < 4.78 is 44.7. The molecule has 142 valence electrons. The zero-order valence-electron chi connectivity index (χ0n) is 13.6. The van der Waals surface area contributed by atoms with Gasteiger partial charge in [0.15, 0.2) is 6.61 Å². The summed E-state index contributed by atoms with van der Waals surface area (Å²) in [4.78, 5) is 35.0. The van der Waals surface area contributed by atoms with Crippen molar-refractivity contribution in [3.8, 4) is 5.75 Å². The Bertz CT molecular complexity index is 850. The van der Waals surface area contributed by atoms with Crippen LogP contribution in [0, 0.1) is 0 Å². The highest BCUT2D eigenvalue weighted by atomic mass is 19.4. The second-order valence-corrected chi connectivity index (χ2v) is 5.11. The molecular weight excluding hydrogens is 369 g/mol. The minimum atomic E-state index is -4.85. The molecule has 2 aromatic rings. The van der Waals surface area contributed by atoms with Gasteiger partial charge in [0.05, 0.1) is 16.8 Å². The fourth-order valence-electron chi connectivity index (χ4n) is 2.00. The summed E-state index contributed by atoms with van der Waals surface area (Å²) in [6, 6.07) is 9.97. The zero-order chi connectivity index (χ0) is 20.0. The second kappa shape index (κ2) is 8.21. The third-order valence-electron chi connectivity index (χ3n) is 3.12. The number of amides is 2. The van der Waals surface area contributed by atoms with E-state index in [0.717, 1.165) is 24.3 Å². The molecule has 3 N–H and O–H groups in total. The summed E-state index contributed by atoms with van der Waals surface area (Å²) in [6.45, 7) is -0.674. The third-order valence-corrected chi connectivity index (χ3v) is 3.12. The Hall–Kier alpha value is -3.56. The van der Waals surface area contributed by atoms with E-state index >= 15 is 0 Å². The van der Waals surface area contributed by atoms with Gasteiger partial charge in [-0.25, -0.2) is 4.79 Å². The minimum absolute atomic E-state index is 0.0742. The molecule has 7 nitrogen and oxygen atoms in total. The molecule has 0 saturated heterocycles. The van der Waals surface area contributed by atoms with Gasteiger partial charge in [-0.1, -0.05) is 12.1 Å². The summed E-state index contributed by atoms with van der Waals surface area (Å²) in [6.07, 6.45) is -4.85. The van der Waals surface area contributed by atoms with Crippen molar-refractivity contribution in [3.63, 3.8) is 0 Å². The number of hydrogen-bond donors (Lipinski definition) is 2. The van der Waals surface area contributed by atoms with Crippen LogP contribution in [-0.4, -0.2) is 30.8 Å². The van der Waals surface area contributed by atoms with Crippen LogP contribution in [0.25, 0.3) is 0 Å². The van der Waals surface area contributed by atoms with Gasteiger partial charge in [0.25, 0.3) is 11.8 Å². The molecule has 0 aliphatic heterocycles. The molecule has 0 aromatic heterocycles. The van der Waals surface area contributed by atoms with Gasteiger partial charge in [-0.2, -0.15) is 0 Å². The lowest BCUT2D eigenvalue weighted by Gasteiger charge is -2.10. The first-order valence-corrected chi connectivity index (χ1v) is 7.37. The molecular formula is C17H13F3N2O5. The van der Waals surface area contributed by atoms with Crippen molar-refractivity contribution in [2.24, 2.45) is 5.73 Å². The van der Waals surface area contributed by atoms with Crippen molar-refractivity contribution >= 4 is 23.5 Å². The number of esters is 1. The van der Waals surface area contributed by atoms with Crippen LogP contribution in [-0.2, 0) is 9.53 Å². The number of carbonyl (C=O) groups is 3. The Morgan fingerprint density at radius 2 is 1.63 bits per heavy atom. The molecule has 0 unspecified atom stereocenters. The van der Waals surface area contributed by atoms with E-state index in [1.165, 1.54) is 12.1 Å². The molecule has 0 saturated carbocycles. The maximum absolute atomic E-state index is 12.1. The standard InChI is InChI=1S/C17H13F3N2O5/c18-17(19,20)27-11-7-5-10(6-8-11)16(25)26-9-14(23)22-13-4-2-1-3-12(13)15(21)24/h1-8H,9H2,(H2,21,24)(H,22,23). The highest BCUT2D eigenvalue weighted by Crippen LogP contribution is 2.23. The number of nitrogens with two attached hydrogens (primary N) is 1. The maximum Gasteiger partial charge on any atom is 0.573 e. The summed E-state index contributed by atoms with van der Waals surface area (Å²) in [5.41, 5.74) is 5.34. The first-order valence-electron chi connectivity index (χ1n) is 7.37. The Balaban J connectivity index is 1.92. The van der Waals surface area contributed by atoms with Crippen LogP contribution in [0.3, 0.4) is 0 Å². The Labute approximate surface area is 150 Å². The topological polar surface area (TPSA) is 108 Å². The van der Waals surface area contributed by atoms with Gasteiger partial charge < -0.3 is 20.5 Å². The molecule has 0 radical (unpaired) electrons. The molecule has 0 aliphatic rings. The predicted octanol–water partition coefficient (Wildman–Crippen LogP) is 2.48. The Morgan fingerprint density at radius 1 is 1.00 bits per heavy atom. The van der Waals surface area contributed by atoms with E-state index in [4.69, 9.17) is 10.5 Å². The molecule has 0 fully saturated rings. The van der Waals surface area contributed by atoms with E-state index in [0.29, 0.717) is 0 Å². The molecule has 27 heavy (non-hydrogen) atoms. The Morgan fingerprint density at radius 3 is 2.22 bits per heavy atom.